The molecule has 10 nitrogen and oxygen atoms in total. The number of carbonyl (C=O) groups is 4. The number of anilines is 1. The number of likely N-dealkylation sites (tertiary alicyclic amines) is 2. The second-order valence-electron chi connectivity index (χ2n) is 17.0. The maximum Gasteiger partial charge on any atom is 0.260 e. The van der Waals surface area contributed by atoms with E-state index < -0.39 is 46.8 Å². The molecule has 0 radical (unpaired) electrons. The number of fused-ring (bicyclic) bond motifs is 5. The zero-order valence-corrected chi connectivity index (χ0v) is 35.0. The number of hydrogen-bond acceptors (Lipinski definition) is 8. The Kier molecular flexibility index (Phi) is 9.93. The molecule has 2 N–H and O–H groups in total. The fraction of sp³-hybridized carbons (Fsp3) is 0.306. The third kappa shape index (κ3) is 6.24. The normalized spacial score (nSPS) is 26.6. The number of rotatable bonds is 8. The first-order valence-electron chi connectivity index (χ1n) is 20.9. The molecule has 310 valence electrons. The lowest BCUT2D eigenvalue weighted by molar-refractivity contribution is -0.144. The summed E-state index contributed by atoms with van der Waals surface area (Å²) >= 11 is 12.9. The van der Waals surface area contributed by atoms with Gasteiger partial charge in [-0.25, -0.2) is 0 Å². The molecule has 2 aliphatic carbocycles. The summed E-state index contributed by atoms with van der Waals surface area (Å²) in [6, 6.07) is 33.2. The van der Waals surface area contributed by atoms with Crippen molar-refractivity contribution in [2.24, 2.45) is 23.7 Å². The van der Waals surface area contributed by atoms with Gasteiger partial charge in [0, 0.05) is 47.6 Å². The van der Waals surface area contributed by atoms with Crippen LogP contribution in [0.25, 0.3) is 10.8 Å². The Morgan fingerprint density at radius 1 is 0.820 bits per heavy atom. The third-order valence-corrected chi connectivity index (χ3v) is 14.6. The summed E-state index contributed by atoms with van der Waals surface area (Å²) in [6.45, 7) is 2.32. The number of hydrazine groups is 1. The molecule has 1 saturated carbocycles. The summed E-state index contributed by atoms with van der Waals surface area (Å²) in [5, 5.41) is 15.4. The van der Waals surface area contributed by atoms with Crippen LogP contribution in [0, 0.1) is 23.7 Å². The third-order valence-electron chi connectivity index (χ3n) is 14.0. The molecule has 12 heteroatoms. The number of piperidine rings is 1. The van der Waals surface area contributed by atoms with Crippen molar-refractivity contribution in [2.45, 2.75) is 49.6 Å². The average Bonchev–Trinajstić information content (AvgIpc) is 3.66. The summed E-state index contributed by atoms with van der Waals surface area (Å²) in [6.07, 6.45) is 3.79. The van der Waals surface area contributed by atoms with Crippen LogP contribution in [-0.2, 0) is 31.1 Å². The molecule has 5 aliphatic rings. The highest BCUT2D eigenvalue weighted by Gasteiger charge is 2.71. The predicted molar refractivity (Wildman–Crippen MR) is 233 cm³/mol. The lowest BCUT2D eigenvalue weighted by Crippen LogP contribution is -2.53. The number of phenols is 1. The molecule has 10 rings (SSSR count). The first kappa shape index (κ1) is 39.5. The van der Waals surface area contributed by atoms with Crippen molar-refractivity contribution < 1.29 is 29.0 Å². The number of halogens is 2. The van der Waals surface area contributed by atoms with Crippen molar-refractivity contribution in [1.82, 2.24) is 14.8 Å². The number of aromatic hydroxyl groups is 1. The molecule has 3 saturated heterocycles. The molecule has 3 heterocycles. The highest BCUT2D eigenvalue weighted by atomic mass is 35.5. The quantitative estimate of drug-likeness (QED) is 0.118. The highest BCUT2D eigenvalue weighted by molar-refractivity contribution is 6.36. The molecule has 0 aromatic heterocycles. The van der Waals surface area contributed by atoms with Gasteiger partial charge in [-0.2, -0.15) is 5.01 Å². The minimum absolute atomic E-state index is 0.0106. The number of nitrogens with one attached hydrogen (secondary N) is 1. The zero-order chi connectivity index (χ0) is 42.2. The van der Waals surface area contributed by atoms with E-state index in [0.29, 0.717) is 52.2 Å². The van der Waals surface area contributed by atoms with Crippen LogP contribution in [0.5, 0.6) is 11.5 Å². The standard InChI is InChI=1S/C49H44Cl2N4O6/c1-61-33-15-12-30(13-16-33)49-39(46(58)55(48(49)60)52-41-20-14-31(50)25-40(41)51)26-38-35(43(49)37-17-11-29-9-5-6-10-34(29)44(37)56)18-19-36-42(38)47(59)54(45(36)57)32-21-23-53(24-22-32)27-28-7-3-2-4-8-28/h2-18,20,25,32,36,38-39,42-43,52,56H,19,21-24,26-27H2,1H3/t36-,38+,39-,42-,43+,49+/m0/s1. The minimum atomic E-state index is -1.60. The van der Waals surface area contributed by atoms with Crippen LogP contribution in [0.1, 0.15) is 48.3 Å². The van der Waals surface area contributed by atoms with Crippen molar-refractivity contribution in [3.8, 4) is 11.5 Å². The van der Waals surface area contributed by atoms with E-state index in [4.69, 9.17) is 27.9 Å². The molecule has 5 aromatic carbocycles. The molecule has 6 atom stereocenters. The second-order valence-corrected chi connectivity index (χ2v) is 17.8. The van der Waals surface area contributed by atoms with Crippen LogP contribution < -0.4 is 10.2 Å². The van der Waals surface area contributed by atoms with Gasteiger partial charge in [-0.05, 0) is 78.4 Å². The molecule has 5 aromatic rings. The van der Waals surface area contributed by atoms with E-state index in [1.807, 2.05) is 72.8 Å². The lowest BCUT2D eigenvalue weighted by Gasteiger charge is -2.50. The Bertz CT molecular complexity index is 2630. The maximum absolute atomic E-state index is 15.7. The largest absolute Gasteiger partial charge is 0.507 e. The van der Waals surface area contributed by atoms with Gasteiger partial charge < -0.3 is 9.84 Å². The van der Waals surface area contributed by atoms with Crippen LogP contribution in [0.2, 0.25) is 10.0 Å². The number of benzene rings is 5. The Morgan fingerprint density at radius 3 is 2.30 bits per heavy atom. The Labute approximate surface area is 363 Å². The summed E-state index contributed by atoms with van der Waals surface area (Å²) in [4.78, 5) is 64.3. The van der Waals surface area contributed by atoms with Crippen molar-refractivity contribution in [3.63, 3.8) is 0 Å². The van der Waals surface area contributed by atoms with E-state index in [2.05, 4.69) is 22.5 Å². The number of phenolic OH excluding ortho intramolecular Hbond substituents is 1. The van der Waals surface area contributed by atoms with E-state index in [1.54, 1.807) is 31.4 Å². The van der Waals surface area contributed by atoms with Gasteiger partial charge in [0.2, 0.25) is 11.8 Å². The van der Waals surface area contributed by atoms with E-state index in [0.717, 1.165) is 35.6 Å². The van der Waals surface area contributed by atoms with Crippen LogP contribution in [0.3, 0.4) is 0 Å². The fourth-order valence-electron chi connectivity index (χ4n) is 11.3. The molecule has 0 bridgehead atoms. The molecule has 4 fully saturated rings. The first-order valence-corrected chi connectivity index (χ1v) is 21.6. The van der Waals surface area contributed by atoms with Gasteiger partial charge in [-0.1, -0.05) is 114 Å². The van der Waals surface area contributed by atoms with Crippen LogP contribution >= 0.6 is 23.2 Å². The van der Waals surface area contributed by atoms with Crippen molar-refractivity contribution >= 4 is 63.3 Å². The highest BCUT2D eigenvalue weighted by Crippen LogP contribution is 2.65. The Balaban J connectivity index is 1.08. The summed E-state index contributed by atoms with van der Waals surface area (Å²) in [5.41, 5.74) is 4.76. The maximum atomic E-state index is 15.7. The first-order chi connectivity index (χ1) is 29.6. The monoisotopic (exact) mass is 854 g/mol. The van der Waals surface area contributed by atoms with Crippen LogP contribution in [-0.4, -0.2) is 69.8 Å². The predicted octanol–water partition coefficient (Wildman–Crippen LogP) is 8.51. The van der Waals surface area contributed by atoms with E-state index >= 15 is 9.59 Å². The van der Waals surface area contributed by atoms with E-state index in [9.17, 15) is 14.7 Å². The fourth-order valence-corrected chi connectivity index (χ4v) is 11.7. The van der Waals surface area contributed by atoms with Gasteiger partial charge >= 0.3 is 0 Å². The average molecular weight is 856 g/mol. The van der Waals surface area contributed by atoms with Crippen molar-refractivity contribution in [1.29, 1.82) is 0 Å². The second kappa shape index (κ2) is 15.3. The summed E-state index contributed by atoms with van der Waals surface area (Å²) in [7, 11) is 1.56. The van der Waals surface area contributed by atoms with Gasteiger partial charge in [0.05, 0.1) is 41.0 Å². The lowest BCUT2D eigenvalue weighted by atomic mass is 9.49. The Morgan fingerprint density at radius 2 is 1.56 bits per heavy atom. The molecular weight excluding hydrogens is 811 g/mol. The molecule has 0 spiro atoms. The molecular formula is C49H44Cl2N4O6. The number of imide groups is 2. The van der Waals surface area contributed by atoms with Crippen LogP contribution in [0.15, 0.2) is 121 Å². The van der Waals surface area contributed by atoms with Gasteiger partial charge in [0.15, 0.2) is 0 Å². The number of nitrogens with zero attached hydrogens (tertiary/aromatic N) is 3. The van der Waals surface area contributed by atoms with Crippen LogP contribution in [0.4, 0.5) is 5.69 Å². The van der Waals surface area contributed by atoms with E-state index in [1.165, 1.54) is 16.5 Å². The number of allylic oxidation sites excluding steroid dienone is 2. The van der Waals surface area contributed by atoms with Crippen molar-refractivity contribution in [2.75, 3.05) is 25.6 Å². The summed E-state index contributed by atoms with van der Waals surface area (Å²) < 4.78 is 5.53. The van der Waals surface area contributed by atoms with E-state index in [-0.39, 0.29) is 35.0 Å². The minimum Gasteiger partial charge on any atom is -0.507 e. The van der Waals surface area contributed by atoms with Gasteiger partial charge in [-0.15, -0.1) is 0 Å². The molecule has 0 unspecified atom stereocenters. The van der Waals surface area contributed by atoms with Gasteiger partial charge in [0.1, 0.15) is 11.5 Å². The number of ether oxygens (including phenoxy) is 1. The molecule has 3 aliphatic heterocycles. The number of carbonyl (C=O) groups excluding carboxylic acids is 4. The van der Waals surface area contributed by atoms with Crippen molar-refractivity contribution in [3.05, 3.63) is 148 Å². The summed E-state index contributed by atoms with van der Waals surface area (Å²) in [5.74, 6) is -4.68. The number of methoxy groups -OCH3 is 1. The smallest absolute Gasteiger partial charge is 0.260 e. The van der Waals surface area contributed by atoms with Gasteiger partial charge in [-0.3, -0.25) is 34.4 Å². The zero-order valence-electron chi connectivity index (χ0n) is 33.5. The number of hydrogen-bond donors (Lipinski definition) is 2. The van der Waals surface area contributed by atoms with Gasteiger partial charge in [0.25, 0.3) is 11.8 Å². The SMILES string of the molecule is COc1ccc([C@@]23C(=O)N(Nc4ccc(Cl)cc4Cl)C(=O)[C@@H]2C[C@@H]2C(=CC[C@@H]4C(=O)N(C5CCN(Cc6ccccc6)CC5)C(=O)[C@@H]42)[C@@H]3c2ccc3ccccc3c2O)cc1. The topological polar surface area (TPSA) is 119 Å². The number of amides is 4. The molecule has 61 heavy (non-hydrogen) atoms. The Hall–Kier alpha value is -5.68. The molecule has 4 amide bonds.